The normalized spacial score (nSPS) is 21.4. The highest BCUT2D eigenvalue weighted by molar-refractivity contribution is 5.38. The molecule has 1 atom stereocenters. The van der Waals surface area contributed by atoms with Gasteiger partial charge in [0.25, 0.3) is 0 Å². The molecule has 0 saturated carbocycles. The Kier molecular flexibility index (Phi) is 2.32. The monoisotopic (exact) mass is 217 g/mol. The molecule has 0 bridgehead atoms. The van der Waals surface area contributed by atoms with E-state index >= 15 is 0 Å². The summed E-state index contributed by atoms with van der Waals surface area (Å²) in [6.07, 6.45) is 4.20. The lowest BCUT2D eigenvalue weighted by Gasteiger charge is -2.21. The molecule has 84 valence electrons. The van der Waals surface area contributed by atoms with E-state index in [0.29, 0.717) is 5.92 Å². The zero-order valence-electron chi connectivity index (χ0n) is 9.35. The Hall–Kier alpha value is -1.49. The van der Waals surface area contributed by atoms with E-state index in [-0.39, 0.29) is 0 Å². The number of fused-ring (bicyclic) bond motifs is 1. The lowest BCUT2D eigenvalue weighted by molar-refractivity contribution is 0.454. The molecule has 5 nitrogen and oxygen atoms in total. The van der Waals surface area contributed by atoms with E-state index in [2.05, 4.69) is 26.4 Å². The first-order valence-electron chi connectivity index (χ1n) is 5.72. The summed E-state index contributed by atoms with van der Waals surface area (Å²) in [5, 5.41) is 7.63. The van der Waals surface area contributed by atoms with Gasteiger partial charge in [0, 0.05) is 18.5 Å². The predicted octanol–water partition coefficient (Wildman–Crippen LogP) is 0.900. The second-order valence-corrected chi connectivity index (χ2v) is 4.32. The molecule has 2 aromatic heterocycles. The van der Waals surface area contributed by atoms with Gasteiger partial charge in [-0.15, -0.1) is 0 Å². The Morgan fingerprint density at radius 3 is 3.25 bits per heavy atom. The van der Waals surface area contributed by atoms with Crippen molar-refractivity contribution in [1.29, 1.82) is 0 Å². The largest absolute Gasteiger partial charge is 0.316 e. The van der Waals surface area contributed by atoms with Gasteiger partial charge < -0.3 is 5.32 Å². The van der Waals surface area contributed by atoms with Gasteiger partial charge in [-0.05, 0) is 26.3 Å². The highest BCUT2D eigenvalue weighted by atomic mass is 15.3. The van der Waals surface area contributed by atoms with E-state index in [1.165, 1.54) is 12.8 Å². The number of piperidine rings is 1. The Morgan fingerprint density at radius 1 is 1.50 bits per heavy atom. The summed E-state index contributed by atoms with van der Waals surface area (Å²) in [6.45, 7) is 4.05. The SMILES string of the molecule is Cc1nc2cc(C3CCCNC3)ncn2n1. The van der Waals surface area contributed by atoms with Gasteiger partial charge in [-0.25, -0.2) is 14.5 Å². The van der Waals surface area contributed by atoms with Crippen molar-refractivity contribution in [1.82, 2.24) is 24.9 Å². The number of aromatic nitrogens is 4. The van der Waals surface area contributed by atoms with Crippen molar-refractivity contribution in [3.63, 3.8) is 0 Å². The standard InChI is InChI=1S/C11H15N5/c1-8-14-11-5-10(13-7-16(11)15-8)9-3-2-4-12-6-9/h5,7,9,12H,2-4,6H2,1H3. The molecule has 1 saturated heterocycles. The first kappa shape index (κ1) is 9.72. The van der Waals surface area contributed by atoms with Crippen LogP contribution >= 0.6 is 0 Å². The van der Waals surface area contributed by atoms with Crippen LogP contribution in [0.4, 0.5) is 0 Å². The molecule has 3 rings (SSSR count). The van der Waals surface area contributed by atoms with Crippen LogP contribution in [0.3, 0.4) is 0 Å². The number of nitrogens with one attached hydrogen (secondary N) is 1. The maximum Gasteiger partial charge on any atom is 0.159 e. The number of rotatable bonds is 1. The first-order valence-corrected chi connectivity index (χ1v) is 5.72. The summed E-state index contributed by atoms with van der Waals surface area (Å²) in [7, 11) is 0. The van der Waals surface area contributed by atoms with E-state index < -0.39 is 0 Å². The Morgan fingerprint density at radius 2 is 2.44 bits per heavy atom. The van der Waals surface area contributed by atoms with Gasteiger partial charge in [0.15, 0.2) is 5.65 Å². The molecule has 3 heterocycles. The second kappa shape index (κ2) is 3.83. The van der Waals surface area contributed by atoms with Crippen molar-refractivity contribution in [2.45, 2.75) is 25.7 Å². The van der Waals surface area contributed by atoms with Crippen LogP contribution in [0.25, 0.3) is 5.65 Å². The van der Waals surface area contributed by atoms with E-state index in [4.69, 9.17) is 0 Å². The number of aryl methyl sites for hydroxylation is 1. The van der Waals surface area contributed by atoms with Gasteiger partial charge in [0.05, 0.1) is 5.69 Å². The Balaban J connectivity index is 1.97. The second-order valence-electron chi connectivity index (χ2n) is 4.32. The first-order chi connectivity index (χ1) is 7.83. The average Bonchev–Trinajstić information content (AvgIpc) is 2.69. The van der Waals surface area contributed by atoms with Crippen LogP contribution in [-0.2, 0) is 0 Å². The molecule has 2 aromatic rings. The van der Waals surface area contributed by atoms with Gasteiger partial charge >= 0.3 is 0 Å². The quantitative estimate of drug-likeness (QED) is 0.771. The van der Waals surface area contributed by atoms with E-state index in [1.807, 2.05) is 6.92 Å². The molecule has 1 aliphatic heterocycles. The third kappa shape index (κ3) is 1.67. The van der Waals surface area contributed by atoms with Gasteiger partial charge in [0.2, 0.25) is 0 Å². The number of hydrogen-bond donors (Lipinski definition) is 1. The Bertz CT molecular complexity index is 498. The minimum atomic E-state index is 0.524. The average molecular weight is 217 g/mol. The Labute approximate surface area is 93.9 Å². The van der Waals surface area contributed by atoms with Gasteiger partial charge in [-0.3, -0.25) is 0 Å². The molecule has 5 heteroatoms. The zero-order chi connectivity index (χ0) is 11.0. The van der Waals surface area contributed by atoms with E-state index in [9.17, 15) is 0 Å². The van der Waals surface area contributed by atoms with Crippen molar-refractivity contribution in [2.75, 3.05) is 13.1 Å². The summed E-state index contributed by atoms with van der Waals surface area (Å²) >= 11 is 0. The number of nitrogens with zero attached hydrogens (tertiary/aromatic N) is 4. The maximum absolute atomic E-state index is 4.46. The fraction of sp³-hybridized carbons (Fsp3) is 0.545. The molecular weight excluding hydrogens is 202 g/mol. The summed E-state index contributed by atoms with van der Waals surface area (Å²) in [5.74, 6) is 1.32. The minimum Gasteiger partial charge on any atom is -0.316 e. The molecule has 0 aliphatic carbocycles. The van der Waals surface area contributed by atoms with E-state index in [0.717, 1.165) is 30.3 Å². The lowest BCUT2D eigenvalue weighted by Crippen LogP contribution is -2.28. The van der Waals surface area contributed by atoms with Crippen molar-refractivity contribution in [3.05, 3.63) is 23.9 Å². The van der Waals surface area contributed by atoms with Crippen LogP contribution in [0.15, 0.2) is 12.4 Å². The third-order valence-electron chi connectivity index (χ3n) is 3.07. The summed E-state index contributed by atoms with van der Waals surface area (Å²) in [4.78, 5) is 8.82. The third-order valence-corrected chi connectivity index (χ3v) is 3.07. The summed E-state index contributed by atoms with van der Waals surface area (Å²) in [6, 6.07) is 2.05. The van der Waals surface area contributed by atoms with Crippen molar-refractivity contribution in [2.24, 2.45) is 0 Å². The predicted molar refractivity (Wildman–Crippen MR) is 60.4 cm³/mol. The molecule has 0 aromatic carbocycles. The fourth-order valence-electron chi connectivity index (χ4n) is 2.25. The van der Waals surface area contributed by atoms with Gasteiger partial charge in [0.1, 0.15) is 12.2 Å². The molecule has 1 unspecified atom stereocenters. The van der Waals surface area contributed by atoms with Crippen LogP contribution in [-0.4, -0.2) is 32.7 Å². The molecule has 1 aliphatic rings. The molecule has 0 amide bonds. The van der Waals surface area contributed by atoms with Crippen LogP contribution in [0, 0.1) is 6.92 Å². The van der Waals surface area contributed by atoms with Crippen LogP contribution in [0.5, 0.6) is 0 Å². The maximum atomic E-state index is 4.46. The van der Waals surface area contributed by atoms with Crippen molar-refractivity contribution in [3.8, 4) is 0 Å². The summed E-state index contributed by atoms with van der Waals surface area (Å²) < 4.78 is 1.73. The van der Waals surface area contributed by atoms with Crippen LogP contribution in [0.1, 0.15) is 30.3 Å². The highest BCUT2D eigenvalue weighted by Crippen LogP contribution is 2.21. The molecule has 0 radical (unpaired) electrons. The van der Waals surface area contributed by atoms with Crippen LogP contribution < -0.4 is 5.32 Å². The summed E-state index contributed by atoms with van der Waals surface area (Å²) in [5.41, 5.74) is 2.03. The van der Waals surface area contributed by atoms with E-state index in [1.54, 1.807) is 10.8 Å². The minimum absolute atomic E-state index is 0.524. The highest BCUT2D eigenvalue weighted by Gasteiger charge is 2.17. The van der Waals surface area contributed by atoms with Gasteiger partial charge in [-0.1, -0.05) is 0 Å². The smallest absolute Gasteiger partial charge is 0.159 e. The zero-order valence-corrected chi connectivity index (χ0v) is 9.35. The van der Waals surface area contributed by atoms with Crippen LogP contribution in [0.2, 0.25) is 0 Å². The van der Waals surface area contributed by atoms with Gasteiger partial charge in [-0.2, -0.15) is 5.10 Å². The topological polar surface area (TPSA) is 55.1 Å². The molecule has 0 spiro atoms. The molecule has 16 heavy (non-hydrogen) atoms. The fourth-order valence-corrected chi connectivity index (χ4v) is 2.25. The van der Waals surface area contributed by atoms with Crippen molar-refractivity contribution >= 4 is 5.65 Å². The number of hydrogen-bond acceptors (Lipinski definition) is 4. The molecule has 1 fully saturated rings. The van der Waals surface area contributed by atoms with Crippen molar-refractivity contribution < 1.29 is 0 Å². The molecular formula is C11H15N5. The molecule has 1 N–H and O–H groups in total. The lowest BCUT2D eigenvalue weighted by atomic mass is 9.96.